The lowest BCUT2D eigenvalue weighted by Gasteiger charge is -2.12. The van der Waals surface area contributed by atoms with Crippen LogP contribution in [0.4, 0.5) is 0 Å². The Morgan fingerprint density at radius 3 is 2.62 bits per heavy atom. The van der Waals surface area contributed by atoms with E-state index < -0.39 is 0 Å². The van der Waals surface area contributed by atoms with Gasteiger partial charge in [-0.3, -0.25) is 0 Å². The van der Waals surface area contributed by atoms with Crippen LogP contribution in [0.25, 0.3) is 10.8 Å². The first-order valence-electron chi connectivity index (χ1n) is 7.01. The second-order valence-electron chi connectivity index (χ2n) is 5.00. The quantitative estimate of drug-likeness (QED) is 0.521. The second-order valence-corrected chi connectivity index (χ2v) is 6.86. The summed E-state index contributed by atoms with van der Waals surface area (Å²) in [4.78, 5) is 1.67. The minimum atomic E-state index is 0.263. The number of ether oxygens (including phenoxy) is 1. The summed E-state index contributed by atoms with van der Waals surface area (Å²) in [5.74, 6) is 0.900. The summed E-state index contributed by atoms with van der Waals surface area (Å²) in [5.41, 5.74) is 2.72. The van der Waals surface area contributed by atoms with Crippen LogP contribution in [0, 0.1) is 0 Å². The number of hydrogen-bond acceptors (Lipinski definition) is 2. The molecule has 1 unspecified atom stereocenters. The number of methoxy groups -OCH3 is 1. The van der Waals surface area contributed by atoms with Crippen LogP contribution in [0.2, 0.25) is 0 Å². The van der Waals surface area contributed by atoms with E-state index >= 15 is 0 Å². The molecule has 108 valence electrons. The molecule has 3 rings (SSSR count). The van der Waals surface area contributed by atoms with E-state index in [1.54, 1.807) is 7.11 Å². The Kier molecular flexibility index (Phi) is 4.32. The average Bonchev–Trinajstić information content (AvgIpc) is 3.01. The topological polar surface area (TPSA) is 9.23 Å². The van der Waals surface area contributed by atoms with Crippen LogP contribution in [0.5, 0.6) is 5.75 Å². The minimum Gasteiger partial charge on any atom is -0.497 e. The van der Waals surface area contributed by atoms with Gasteiger partial charge in [0.1, 0.15) is 5.75 Å². The van der Waals surface area contributed by atoms with Crippen molar-refractivity contribution in [2.45, 2.75) is 18.2 Å². The van der Waals surface area contributed by atoms with E-state index in [1.165, 1.54) is 26.8 Å². The van der Waals surface area contributed by atoms with Crippen LogP contribution in [0.15, 0.2) is 47.8 Å². The van der Waals surface area contributed by atoms with E-state index in [1.807, 2.05) is 17.4 Å². The molecule has 0 bridgehead atoms. The molecule has 0 fully saturated rings. The van der Waals surface area contributed by atoms with E-state index in [2.05, 4.69) is 64.6 Å². The van der Waals surface area contributed by atoms with Gasteiger partial charge in [-0.05, 0) is 58.0 Å². The van der Waals surface area contributed by atoms with Crippen molar-refractivity contribution in [1.29, 1.82) is 0 Å². The van der Waals surface area contributed by atoms with Crippen LogP contribution in [-0.4, -0.2) is 7.11 Å². The SMILES string of the molecule is CCc1ccsc1C(Br)c1ccc2cc(OC)ccc2c1. The zero-order valence-electron chi connectivity index (χ0n) is 12.1. The number of halogens is 1. The number of alkyl halides is 1. The molecule has 1 nitrogen and oxygen atoms in total. The molecule has 0 N–H and O–H groups in total. The summed E-state index contributed by atoms with van der Waals surface area (Å²) in [7, 11) is 1.70. The summed E-state index contributed by atoms with van der Waals surface area (Å²) in [6, 6.07) is 15.0. The van der Waals surface area contributed by atoms with Crippen LogP contribution < -0.4 is 4.74 Å². The molecule has 0 aliphatic carbocycles. The van der Waals surface area contributed by atoms with Crippen LogP contribution >= 0.6 is 27.3 Å². The normalized spacial score (nSPS) is 12.5. The Hall–Kier alpha value is -1.32. The Balaban J connectivity index is 2.01. The van der Waals surface area contributed by atoms with Crippen molar-refractivity contribution in [3.8, 4) is 5.75 Å². The standard InChI is InChI=1S/C18H17BrOS/c1-3-12-8-9-21-18(12)17(19)15-5-4-14-11-16(20-2)7-6-13(14)10-15/h4-11,17H,3H2,1-2H3. The largest absolute Gasteiger partial charge is 0.497 e. The van der Waals surface area contributed by atoms with Crippen molar-refractivity contribution in [2.75, 3.05) is 7.11 Å². The molecule has 3 aromatic rings. The number of thiophene rings is 1. The summed E-state index contributed by atoms with van der Waals surface area (Å²) >= 11 is 5.69. The minimum absolute atomic E-state index is 0.263. The highest BCUT2D eigenvalue weighted by atomic mass is 79.9. The highest BCUT2D eigenvalue weighted by Crippen LogP contribution is 2.38. The number of rotatable bonds is 4. The number of fused-ring (bicyclic) bond motifs is 1. The van der Waals surface area contributed by atoms with E-state index in [4.69, 9.17) is 4.74 Å². The molecule has 1 atom stereocenters. The lowest BCUT2D eigenvalue weighted by atomic mass is 10.0. The van der Waals surface area contributed by atoms with Gasteiger partial charge in [0.05, 0.1) is 11.9 Å². The molecule has 0 amide bonds. The molecular weight excluding hydrogens is 344 g/mol. The number of hydrogen-bond donors (Lipinski definition) is 0. The van der Waals surface area contributed by atoms with Crippen LogP contribution in [-0.2, 0) is 6.42 Å². The molecule has 0 saturated heterocycles. The molecule has 0 aliphatic rings. The van der Waals surface area contributed by atoms with Crippen molar-refractivity contribution in [1.82, 2.24) is 0 Å². The average molecular weight is 361 g/mol. The molecule has 1 heterocycles. The maximum Gasteiger partial charge on any atom is 0.119 e. The first-order valence-corrected chi connectivity index (χ1v) is 8.80. The summed E-state index contributed by atoms with van der Waals surface area (Å²) in [5, 5.41) is 4.63. The molecule has 21 heavy (non-hydrogen) atoms. The van der Waals surface area contributed by atoms with Gasteiger partial charge in [0, 0.05) is 4.88 Å². The molecule has 0 saturated carbocycles. The van der Waals surface area contributed by atoms with Crippen LogP contribution in [0.3, 0.4) is 0 Å². The van der Waals surface area contributed by atoms with Crippen molar-refractivity contribution < 1.29 is 4.74 Å². The van der Waals surface area contributed by atoms with Crippen molar-refractivity contribution in [2.24, 2.45) is 0 Å². The van der Waals surface area contributed by atoms with Gasteiger partial charge in [0.2, 0.25) is 0 Å². The van der Waals surface area contributed by atoms with E-state index in [0.717, 1.165) is 12.2 Å². The van der Waals surface area contributed by atoms with Gasteiger partial charge in [-0.2, -0.15) is 0 Å². The Labute approximate surface area is 137 Å². The Bertz CT molecular complexity index is 763. The molecule has 0 aliphatic heterocycles. The first-order chi connectivity index (χ1) is 10.2. The third-order valence-electron chi connectivity index (χ3n) is 3.76. The summed E-state index contributed by atoms with van der Waals surface area (Å²) in [6.07, 6.45) is 1.08. The van der Waals surface area contributed by atoms with E-state index in [9.17, 15) is 0 Å². The smallest absolute Gasteiger partial charge is 0.119 e. The van der Waals surface area contributed by atoms with Gasteiger partial charge in [-0.1, -0.05) is 41.1 Å². The Morgan fingerprint density at radius 2 is 1.86 bits per heavy atom. The predicted octanol–water partition coefficient (Wildman–Crippen LogP) is 5.96. The van der Waals surface area contributed by atoms with E-state index in [-0.39, 0.29) is 4.83 Å². The predicted molar refractivity (Wildman–Crippen MR) is 95.0 cm³/mol. The third-order valence-corrected chi connectivity index (χ3v) is 6.07. The van der Waals surface area contributed by atoms with Gasteiger partial charge < -0.3 is 4.74 Å². The van der Waals surface area contributed by atoms with Gasteiger partial charge >= 0.3 is 0 Å². The molecule has 2 aromatic carbocycles. The number of aryl methyl sites for hydroxylation is 1. The van der Waals surface area contributed by atoms with Gasteiger partial charge in [-0.25, -0.2) is 0 Å². The third kappa shape index (κ3) is 2.85. The maximum absolute atomic E-state index is 5.28. The van der Waals surface area contributed by atoms with Gasteiger partial charge in [-0.15, -0.1) is 11.3 Å². The summed E-state index contributed by atoms with van der Waals surface area (Å²) < 4.78 is 5.28. The van der Waals surface area contributed by atoms with Gasteiger partial charge in [0.25, 0.3) is 0 Å². The zero-order chi connectivity index (χ0) is 14.8. The highest BCUT2D eigenvalue weighted by Gasteiger charge is 2.15. The van der Waals surface area contributed by atoms with Crippen molar-refractivity contribution in [3.63, 3.8) is 0 Å². The lowest BCUT2D eigenvalue weighted by Crippen LogP contribution is -1.93. The molecule has 0 spiro atoms. The monoisotopic (exact) mass is 360 g/mol. The second kappa shape index (κ2) is 6.20. The molecule has 1 aromatic heterocycles. The van der Waals surface area contributed by atoms with Crippen LogP contribution in [0.1, 0.15) is 27.8 Å². The van der Waals surface area contributed by atoms with Crippen molar-refractivity contribution in [3.05, 3.63) is 63.8 Å². The first kappa shape index (κ1) is 14.6. The fraction of sp³-hybridized carbons (Fsp3) is 0.222. The molecule has 3 heteroatoms. The highest BCUT2D eigenvalue weighted by molar-refractivity contribution is 9.09. The van der Waals surface area contributed by atoms with Crippen molar-refractivity contribution >= 4 is 38.0 Å². The maximum atomic E-state index is 5.28. The van der Waals surface area contributed by atoms with E-state index in [0.29, 0.717) is 0 Å². The van der Waals surface area contributed by atoms with Gasteiger partial charge in [0.15, 0.2) is 0 Å². The fourth-order valence-corrected chi connectivity index (χ4v) is 4.44. The Morgan fingerprint density at radius 1 is 1.10 bits per heavy atom. The summed E-state index contributed by atoms with van der Waals surface area (Å²) in [6.45, 7) is 2.21. The zero-order valence-corrected chi connectivity index (χ0v) is 14.5. The number of benzene rings is 2. The lowest BCUT2D eigenvalue weighted by molar-refractivity contribution is 0.415. The molecule has 0 radical (unpaired) electrons. The molecular formula is C18H17BrOS. The fourth-order valence-electron chi connectivity index (χ4n) is 2.54.